The lowest BCUT2D eigenvalue weighted by Gasteiger charge is -2.37. The second kappa shape index (κ2) is 9.74. The number of ether oxygens (including phenoxy) is 4. The minimum Gasteiger partial charge on any atom is -0.497 e. The van der Waals surface area contributed by atoms with Crippen LogP contribution in [0, 0.1) is 0 Å². The van der Waals surface area contributed by atoms with Gasteiger partial charge in [-0.2, -0.15) is 0 Å². The Balaban J connectivity index is 1.84. The molecular weight excluding hydrogens is 404 g/mol. The molecule has 0 amide bonds. The van der Waals surface area contributed by atoms with Crippen molar-refractivity contribution in [3.63, 3.8) is 0 Å². The predicted molar refractivity (Wildman–Crippen MR) is 123 cm³/mol. The Hall–Kier alpha value is -2.86. The van der Waals surface area contributed by atoms with E-state index in [1.165, 1.54) is 0 Å². The summed E-state index contributed by atoms with van der Waals surface area (Å²) in [6, 6.07) is 25.9. The molecule has 0 spiro atoms. The standard InChI is InChI=1S/C27H30O5/c1-19-17-25(28)26(32-19)18-31-27(20-7-5-4-6-8-20,21-9-13-23(29-2)14-10-21)22-11-15-24(30-3)16-12-22/h4-16,19,25-26,28H,17-18H2,1-3H3. The minimum absolute atomic E-state index is 0.00620. The number of aliphatic hydroxyl groups excluding tert-OH is 1. The lowest BCUT2D eigenvalue weighted by Crippen LogP contribution is -2.38. The fraction of sp³-hybridized carbons (Fsp3) is 0.333. The van der Waals surface area contributed by atoms with Crippen molar-refractivity contribution in [1.82, 2.24) is 0 Å². The third-order valence-electron chi connectivity index (χ3n) is 6.05. The van der Waals surface area contributed by atoms with Crippen molar-refractivity contribution in [2.45, 2.75) is 37.3 Å². The molecule has 4 rings (SSSR count). The Morgan fingerprint density at radius 2 is 1.31 bits per heavy atom. The number of hydrogen-bond acceptors (Lipinski definition) is 5. The summed E-state index contributed by atoms with van der Waals surface area (Å²) in [5.41, 5.74) is 1.98. The average molecular weight is 435 g/mol. The van der Waals surface area contributed by atoms with E-state index in [0.717, 1.165) is 28.2 Å². The van der Waals surface area contributed by atoms with Gasteiger partial charge in [0.2, 0.25) is 0 Å². The average Bonchev–Trinajstić information content (AvgIpc) is 3.17. The number of aliphatic hydroxyl groups is 1. The lowest BCUT2D eigenvalue weighted by atomic mass is 9.80. The minimum atomic E-state index is -0.908. The van der Waals surface area contributed by atoms with Crippen LogP contribution in [-0.4, -0.2) is 44.2 Å². The van der Waals surface area contributed by atoms with Gasteiger partial charge in [0.15, 0.2) is 0 Å². The first-order valence-corrected chi connectivity index (χ1v) is 10.9. The van der Waals surface area contributed by atoms with Gasteiger partial charge in [0, 0.05) is 6.42 Å². The van der Waals surface area contributed by atoms with Crippen LogP contribution in [-0.2, 0) is 15.1 Å². The van der Waals surface area contributed by atoms with Crippen LogP contribution in [0.4, 0.5) is 0 Å². The number of hydrogen-bond donors (Lipinski definition) is 1. The highest BCUT2D eigenvalue weighted by Crippen LogP contribution is 2.42. The highest BCUT2D eigenvalue weighted by molar-refractivity contribution is 5.49. The summed E-state index contributed by atoms with van der Waals surface area (Å²) in [6.45, 7) is 2.22. The highest BCUT2D eigenvalue weighted by atomic mass is 16.6. The lowest BCUT2D eigenvalue weighted by molar-refractivity contribution is -0.0799. The molecule has 1 heterocycles. The fourth-order valence-corrected chi connectivity index (χ4v) is 4.37. The highest BCUT2D eigenvalue weighted by Gasteiger charge is 2.40. The molecule has 0 aliphatic carbocycles. The molecule has 0 saturated carbocycles. The third kappa shape index (κ3) is 4.37. The molecule has 3 atom stereocenters. The topological polar surface area (TPSA) is 57.2 Å². The second-order valence-corrected chi connectivity index (χ2v) is 8.10. The fourth-order valence-electron chi connectivity index (χ4n) is 4.37. The van der Waals surface area contributed by atoms with Crippen LogP contribution in [0.15, 0.2) is 78.9 Å². The molecule has 0 radical (unpaired) electrons. The van der Waals surface area contributed by atoms with Crippen molar-refractivity contribution in [1.29, 1.82) is 0 Å². The van der Waals surface area contributed by atoms with E-state index in [1.807, 2.05) is 73.7 Å². The van der Waals surface area contributed by atoms with Crippen molar-refractivity contribution < 1.29 is 24.1 Å². The number of methoxy groups -OCH3 is 2. The van der Waals surface area contributed by atoms with E-state index in [4.69, 9.17) is 18.9 Å². The first kappa shape index (κ1) is 22.3. The van der Waals surface area contributed by atoms with Crippen molar-refractivity contribution in [2.75, 3.05) is 20.8 Å². The van der Waals surface area contributed by atoms with Gasteiger partial charge in [-0.3, -0.25) is 0 Å². The van der Waals surface area contributed by atoms with Crippen LogP contribution in [0.25, 0.3) is 0 Å². The van der Waals surface area contributed by atoms with Crippen molar-refractivity contribution >= 4 is 0 Å². The molecule has 3 unspecified atom stereocenters. The molecule has 5 heteroatoms. The maximum absolute atomic E-state index is 10.5. The Morgan fingerprint density at radius 3 is 1.75 bits per heavy atom. The molecule has 1 aliphatic heterocycles. The normalized spacial score (nSPS) is 20.8. The summed E-state index contributed by atoms with van der Waals surface area (Å²) >= 11 is 0. The van der Waals surface area contributed by atoms with Gasteiger partial charge in [-0.1, -0.05) is 54.6 Å². The predicted octanol–water partition coefficient (Wildman–Crippen LogP) is 4.55. The maximum Gasteiger partial charge on any atom is 0.143 e. The quantitative estimate of drug-likeness (QED) is 0.527. The summed E-state index contributed by atoms with van der Waals surface area (Å²) < 4.78 is 23.5. The van der Waals surface area contributed by atoms with Gasteiger partial charge in [0.1, 0.15) is 23.2 Å². The Morgan fingerprint density at radius 1 is 0.812 bits per heavy atom. The van der Waals surface area contributed by atoms with E-state index in [9.17, 15) is 5.11 Å². The van der Waals surface area contributed by atoms with Gasteiger partial charge in [0.25, 0.3) is 0 Å². The van der Waals surface area contributed by atoms with Crippen LogP contribution in [0.2, 0.25) is 0 Å². The molecule has 5 nitrogen and oxygen atoms in total. The molecule has 1 aliphatic rings. The van der Waals surface area contributed by atoms with E-state index >= 15 is 0 Å². The van der Waals surface area contributed by atoms with Crippen molar-refractivity contribution in [3.8, 4) is 11.5 Å². The Bertz CT molecular complexity index is 937. The van der Waals surface area contributed by atoms with Crippen LogP contribution >= 0.6 is 0 Å². The van der Waals surface area contributed by atoms with E-state index < -0.39 is 11.7 Å². The molecule has 0 aromatic heterocycles. The second-order valence-electron chi connectivity index (χ2n) is 8.10. The molecule has 168 valence electrons. The summed E-state index contributed by atoms with van der Waals surface area (Å²) in [5.74, 6) is 1.54. The van der Waals surface area contributed by atoms with Gasteiger partial charge >= 0.3 is 0 Å². The molecule has 1 saturated heterocycles. The molecule has 32 heavy (non-hydrogen) atoms. The van der Waals surface area contributed by atoms with E-state index in [2.05, 4.69) is 12.1 Å². The molecule has 3 aromatic rings. The van der Waals surface area contributed by atoms with Gasteiger partial charge < -0.3 is 24.1 Å². The van der Waals surface area contributed by atoms with E-state index in [-0.39, 0.29) is 18.8 Å². The van der Waals surface area contributed by atoms with Gasteiger partial charge in [-0.15, -0.1) is 0 Å². The van der Waals surface area contributed by atoms with Crippen molar-refractivity contribution in [3.05, 3.63) is 95.6 Å². The Labute approximate surface area is 189 Å². The number of rotatable bonds is 8. The zero-order chi connectivity index (χ0) is 22.6. The van der Waals surface area contributed by atoms with E-state index in [0.29, 0.717) is 6.42 Å². The molecule has 0 bridgehead atoms. The van der Waals surface area contributed by atoms with Gasteiger partial charge in [-0.05, 0) is 47.9 Å². The van der Waals surface area contributed by atoms with E-state index in [1.54, 1.807) is 14.2 Å². The molecule has 3 aromatic carbocycles. The summed E-state index contributed by atoms with van der Waals surface area (Å²) in [7, 11) is 3.30. The molecular formula is C27H30O5. The Kier molecular flexibility index (Phi) is 6.80. The maximum atomic E-state index is 10.5. The third-order valence-corrected chi connectivity index (χ3v) is 6.05. The zero-order valence-corrected chi connectivity index (χ0v) is 18.7. The SMILES string of the molecule is COc1ccc(C(OCC2OC(C)CC2O)(c2ccccc2)c2ccc(OC)cc2)cc1. The van der Waals surface area contributed by atoms with Crippen molar-refractivity contribution in [2.24, 2.45) is 0 Å². The monoisotopic (exact) mass is 434 g/mol. The summed E-state index contributed by atoms with van der Waals surface area (Å²) in [4.78, 5) is 0. The smallest absolute Gasteiger partial charge is 0.143 e. The van der Waals surface area contributed by atoms with Crippen LogP contribution in [0.3, 0.4) is 0 Å². The first-order valence-electron chi connectivity index (χ1n) is 10.9. The van der Waals surface area contributed by atoms with Crippen LogP contribution < -0.4 is 9.47 Å². The zero-order valence-electron chi connectivity index (χ0n) is 18.7. The summed E-state index contributed by atoms with van der Waals surface area (Å²) in [5, 5.41) is 10.5. The van der Waals surface area contributed by atoms with Gasteiger partial charge in [-0.25, -0.2) is 0 Å². The largest absolute Gasteiger partial charge is 0.497 e. The number of benzene rings is 3. The van der Waals surface area contributed by atoms with Gasteiger partial charge in [0.05, 0.1) is 33.0 Å². The molecule has 1 fully saturated rings. The first-order chi connectivity index (χ1) is 15.6. The summed E-state index contributed by atoms with van der Waals surface area (Å²) in [6.07, 6.45) is -0.321. The van der Waals surface area contributed by atoms with Crippen LogP contribution in [0.5, 0.6) is 11.5 Å². The molecule has 1 N–H and O–H groups in total. The van der Waals surface area contributed by atoms with Crippen LogP contribution in [0.1, 0.15) is 30.0 Å².